The Morgan fingerprint density at radius 2 is 1.15 bits per heavy atom. The van der Waals surface area contributed by atoms with Crippen LogP contribution in [0, 0.1) is 0 Å². The molecule has 0 radical (unpaired) electrons. The Bertz CT molecular complexity index is 103. The predicted octanol–water partition coefficient (Wildman–Crippen LogP) is 3.70. The molecule has 13 heavy (non-hydrogen) atoms. The Kier molecular flexibility index (Phi) is 8.37. The summed E-state index contributed by atoms with van der Waals surface area (Å²) in [4.78, 5) is 0. The van der Waals surface area contributed by atoms with E-state index in [1.165, 1.54) is 0 Å². The van der Waals surface area contributed by atoms with Crippen LogP contribution < -0.4 is 0 Å². The minimum atomic E-state index is -2.30. The first-order valence-electron chi connectivity index (χ1n) is 5.52. The third kappa shape index (κ3) is 5.16. The van der Waals surface area contributed by atoms with Crippen molar-refractivity contribution in [3.8, 4) is 0 Å². The first kappa shape index (κ1) is 13.6. The molecule has 0 aliphatic rings. The Balaban J connectivity index is 3.97. The fourth-order valence-corrected chi connectivity index (χ4v) is 5.26. The van der Waals surface area contributed by atoms with Gasteiger partial charge in [-0.25, -0.2) is 0 Å². The summed E-state index contributed by atoms with van der Waals surface area (Å²) in [6, 6.07) is 0. The van der Waals surface area contributed by atoms with Gasteiger partial charge in [-0.05, 0) is 0 Å². The van der Waals surface area contributed by atoms with E-state index >= 15 is 0 Å². The molecule has 0 aromatic carbocycles. The van der Waals surface area contributed by atoms with Crippen LogP contribution >= 0.6 is 0 Å². The molecular formula is C10H24O2Ti. The predicted molar refractivity (Wildman–Crippen MR) is 53.4 cm³/mol. The van der Waals surface area contributed by atoms with Crippen molar-refractivity contribution in [3.63, 3.8) is 0 Å². The maximum atomic E-state index is 5.94. The first-order chi connectivity index (χ1) is 6.24. The number of rotatable bonds is 8. The molecular weight excluding hydrogens is 200 g/mol. The molecule has 0 saturated heterocycles. The Morgan fingerprint density at radius 3 is 1.38 bits per heavy atom. The van der Waals surface area contributed by atoms with Crippen molar-refractivity contribution >= 4 is 0 Å². The zero-order valence-electron chi connectivity index (χ0n) is 9.56. The molecule has 0 unspecified atom stereocenters. The van der Waals surface area contributed by atoms with Crippen molar-refractivity contribution in [1.82, 2.24) is 0 Å². The molecule has 0 aromatic rings. The second-order valence-electron chi connectivity index (χ2n) is 3.31. The van der Waals surface area contributed by atoms with Crippen molar-refractivity contribution in [2.24, 2.45) is 0 Å². The van der Waals surface area contributed by atoms with E-state index in [0.29, 0.717) is 0 Å². The van der Waals surface area contributed by atoms with E-state index in [-0.39, 0.29) is 0 Å². The summed E-state index contributed by atoms with van der Waals surface area (Å²) in [7, 11) is 0. The van der Waals surface area contributed by atoms with Crippen LogP contribution in [0.2, 0.25) is 9.45 Å². The quantitative estimate of drug-likeness (QED) is 0.585. The van der Waals surface area contributed by atoms with Crippen molar-refractivity contribution in [3.05, 3.63) is 0 Å². The SMILES string of the molecule is CCC[O][Ti]([CH2]C)([CH2]C)[O]CCC. The summed E-state index contributed by atoms with van der Waals surface area (Å²) in [6.45, 7) is 10.5. The van der Waals surface area contributed by atoms with Gasteiger partial charge in [0.15, 0.2) is 0 Å². The van der Waals surface area contributed by atoms with E-state index in [2.05, 4.69) is 27.7 Å². The Morgan fingerprint density at radius 1 is 0.769 bits per heavy atom. The molecule has 0 amide bonds. The zero-order valence-corrected chi connectivity index (χ0v) is 11.1. The molecule has 3 heteroatoms. The minimum absolute atomic E-state index is 0.880. The van der Waals surface area contributed by atoms with Crippen LogP contribution in [0.3, 0.4) is 0 Å². The summed E-state index contributed by atoms with van der Waals surface area (Å²) in [5.41, 5.74) is 0. The van der Waals surface area contributed by atoms with Crippen molar-refractivity contribution < 1.29 is 24.0 Å². The third-order valence-corrected chi connectivity index (χ3v) is 7.86. The summed E-state index contributed by atoms with van der Waals surface area (Å²) in [6.07, 6.45) is 2.20. The number of hydrogen-bond donors (Lipinski definition) is 0. The van der Waals surface area contributed by atoms with E-state index in [0.717, 1.165) is 35.5 Å². The molecule has 0 aromatic heterocycles. The Hall–Kier alpha value is 0.634. The average molecular weight is 224 g/mol. The van der Waals surface area contributed by atoms with Crippen LogP contribution in [0.5, 0.6) is 0 Å². The normalized spacial score (nSPS) is 12.0. The van der Waals surface area contributed by atoms with Gasteiger partial charge in [0.05, 0.1) is 0 Å². The first-order valence-corrected chi connectivity index (χ1v) is 9.00. The van der Waals surface area contributed by atoms with Gasteiger partial charge in [0.2, 0.25) is 0 Å². The van der Waals surface area contributed by atoms with E-state index in [9.17, 15) is 0 Å². The van der Waals surface area contributed by atoms with Crippen molar-refractivity contribution in [1.29, 1.82) is 0 Å². The standard InChI is InChI=1S/2C3H7O.2C2H5.Ti/c2*1-2-3-4;2*1-2;/h2*2-3H2,1H3;2*1H2,2H3;/q2*-1;;;+2. The molecule has 0 bridgehead atoms. The van der Waals surface area contributed by atoms with Crippen LogP contribution in [-0.2, 0) is 24.0 Å². The fourth-order valence-electron chi connectivity index (χ4n) is 1.28. The van der Waals surface area contributed by atoms with Gasteiger partial charge in [-0.3, -0.25) is 0 Å². The van der Waals surface area contributed by atoms with Crippen molar-refractivity contribution in [2.75, 3.05) is 13.2 Å². The van der Waals surface area contributed by atoms with Gasteiger partial charge in [0.1, 0.15) is 0 Å². The van der Waals surface area contributed by atoms with Gasteiger partial charge in [0.25, 0.3) is 0 Å². The molecule has 0 fully saturated rings. The van der Waals surface area contributed by atoms with Gasteiger partial charge >= 0.3 is 87.2 Å². The van der Waals surface area contributed by atoms with Gasteiger partial charge < -0.3 is 0 Å². The summed E-state index contributed by atoms with van der Waals surface area (Å²) in [5, 5.41) is 0. The third-order valence-electron chi connectivity index (χ3n) is 2.22. The molecule has 80 valence electrons. The number of hydrogen-bond acceptors (Lipinski definition) is 2. The van der Waals surface area contributed by atoms with Crippen LogP contribution in [-0.4, -0.2) is 13.2 Å². The van der Waals surface area contributed by atoms with Gasteiger partial charge in [-0.15, -0.1) is 0 Å². The Labute approximate surface area is 87.3 Å². The second kappa shape index (κ2) is 7.99. The molecule has 0 rings (SSSR count). The van der Waals surface area contributed by atoms with Gasteiger partial charge in [-0.1, -0.05) is 0 Å². The molecule has 0 heterocycles. The van der Waals surface area contributed by atoms with Crippen LogP contribution in [0.1, 0.15) is 40.5 Å². The summed E-state index contributed by atoms with van der Waals surface area (Å²) in [5.74, 6) is 0. The average Bonchev–Trinajstić information content (AvgIpc) is 2.20. The van der Waals surface area contributed by atoms with Gasteiger partial charge in [-0.2, -0.15) is 0 Å². The van der Waals surface area contributed by atoms with E-state index < -0.39 is 17.4 Å². The van der Waals surface area contributed by atoms with Gasteiger partial charge in [0, 0.05) is 0 Å². The summed E-state index contributed by atoms with van der Waals surface area (Å²) < 4.78 is 14.1. The topological polar surface area (TPSA) is 18.5 Å². The zero-order chi connectivity index (χ0) is 10.2. The van der Waals surface area contributed by atoms with E-state index in [4.69, 9.17) is 6.64 Å². The molecule has 0 saturated carbocycles. The van der Waals surface area contributed by atoms with Crippen LogP contribution in [0.25, 0.3) is 0 Å². The molecule has 0 aliphatic heterocycles. The molecule has 0 spiro atoms. The molecule has 2 nitrogen and oxygen atoms in total. The maximum absolute atomic E-state index is 5.94. The van der Waals surface area contributed by atoms with E-state index in [1.807, 2.05) is 0 Å². The molecule has 0 atom stereocenters. The molecule has 0 aliphatic carbocycles. The second-order valence-corrected chi connectivity index (χ2v) is 9.27. The van der Waals surface area contributed by atoms with Crippen LogP contribution in [0.15, 0.2) is 0 Å². The van der Waals surface area contributed by atoms with E-state index in [1.54, 1.807) is 0 Å². The summed E-state index contributed by atoms with van der Waals surface area (Å²) >= 11 is -2.30. The fraction of sp³-hybridized carbons (Fsp3) is 1.00. The van der Waals surface area contributed by atoms with Crippen molar-refractivity contribution in [2.45, 2.75) is 50.0 Å². The van der Waals surface area contributed by atoms with Crippen LogP contribution in [0.4, 0.5) is 0 Å². The molecule has 0 N–H and O–H groups in total. The monoisotopic (exact) mass is 224 g/mol.